The lowest BCUT2D eigenvalue weighted by atomic mass is 9.99. The van der Waals surface area contributed by atoms with Crippen molar-refractivity contribution in [3.63, 3.8) is 0 Å². The minimum atomic E-state index is -2.02. The lowest BCUT2D eigenvalue weighted by Gasteiger charge is -2.43. The van der Waals surface area contributed by atoms with Gasteiger partial charge in [-0.1, -0.05) is 58.8 Å². The van der Waals surface area contributed by atoms with E-state index in [1.807, 2.05) is 0 Å². The van der Waals surface area contributed by atoms with Gasteiger partial charge < -0.3 is 54.7 Å². The van der Waals surface area contributed by atoms with E-state index in [1.165, 1.54) is 0 Å². The second-order valence-corrected chi connectivity index (χ2v) is 9.68. The topological polar surface area (TPSA) is 179 Å². The van der Waals surface area contributed by atoms with Crippen LogP contribution in [0.15, 0.2) is 0 Å². The Morgan fingerprint density at radius 3 is 1.91 bits per heavy atom. The molecule has 2 saturated heterocycles. The first-order valence-electron chi connectivity index (χ1n) is 13.0. The summed E-state index contributed by atoms with van der Waals surface area (Å²) in [6, 6.07) is 0. The summed E-state index contributed by atoms with van der Waals surface area (Å²) in [5.74, 6) is -2.02. The number of aliphatic hydroxyl groups is 7. The number of ether oxygens (including phenoxy) is 4. The average molecular weight is 511 g/mol. The van der Waals surface area contributed by atoms with Crippen LogP contribution >= 0.6 is 0 Å². The second kappa shape index (κ2) is 15.1. The maximum absolute atomic E-state index is 10.9. The Hall–Kier alpha value is -0.440. The van der Waals surface area contributed by atoms with Crippen LogP contribution in [0.3, 0.4) is 0 Å². The Kier molecular flexibility index (Phi) is 13.3. The summed E-state index contributed by atoms with van der Waals surface area (Å²) in [6.45, 7) is 2.66. The van der Waals surface area contributed by atoms with Gasteiger partial charge in [0.2, 0.25) is 5.79 Å². The van der Waals surface area contributed by atoms with Crippen LogP contribution in [-0.4, -0.2) is 116 Å². The molecule has 0 amide bonds. The zero-order valence-electron chi connectivity index (χ0n) is 20.9. The van der Waals surface area contributed by atoms with Crippen molar-refractivity contribution in [2.24, 2.45) is 0 Å². The molecule has 0 saturated carbocycles. The predicted octanol–water partition coefficient (Wildman–Crippen LogP) is -0.452. The number of rotatable bonds is 16. The van der Waals surface area contributed by atoms with Gasteiger partial charge in [-0.05, 0) is 12.8 Å². The number of hydrogen-bond acceptors (Lipinski definition) is 11. The van der Waals surface area contributed by atoms with Crippen LogP contribution in [0.4, 0.5) is 0 Å². The maximum atomic E-state index is 10.9. The van der Waals surface area contributed by atoms with Crippen molar-refractivity contribution < 1.29 is 54.7 Å². The Morgan fingerprint density at radius 1 is 0.743 bits per heavy atom. The Morgan fingerprint density at radius 2 is 1.34 bits per heavy atom. The Labute approximate surface area is 207 Å². The SMILES string of the molecule is CCCCCCC(CCCCC)OC[C@@]1(O[C@H]2O[C@H](CO)[C@@H](O)[C@H](O)[C@H]2O)O[C@H](CO)[C@@H](O)[C@@H]1O. The highest BCUT2D eigenvalue weighted by atomic mass is 16.8. The highest BCUT2D eigenvalue weighted by Gasteiger charge is 2.59. The van der Waals surface area contributed by atoms with E-state index in [0.29, 0.717) is 0 Å². The molecule has 0 aromatic rings. The molecular weight excluding hydrogens is 464 g/mol. The molecule has 2 aliphatic heterocycles. The molecule has 7 N–H and O–H groups in total. The minimum absolute atomic E-state index is 0.158. The number of aliphatic hydroxyl groups excluding tert-OH is 7. The van der Waals surface area contributed by atoms with Gasteiger partial charge in [0.05, 0.1) is 19.3 Å². The summed E-state index contributed by atoms with van der Waals surface area (Å²) in [4.78, 5) is 0. The van der Waals surface area contributed by atoms with Gasteiger partial charge in [0.15, 0.2) is 6.29 Å². The summed E-state index contributed by atoms with van der Waals surface area (Å²) in [5, 5.41) is 70.9. The molecule has 1 unspecified atom stereocenters. The predicted molar refractivity (Wildman–Crippen MR) is 124 cm³/mol. The van der Waals surface area contributed by atoms with E-state index in [-0.39, 0.29) is 12.7 Å². The zero-order chi connectivity index (χ0) is 26.0. The fraction of sp³-hybridized carbons (Fsp3) is 1.00. The number of unbranched alkanes of at least 4 members (excludes halogenated alkanes) is 5. The van der Waals surface area contributed by atoms with E-state index in [1.54, 1.807) is 0 Å². The maximum Gasteiger partial charge on any atom is 0.224 e. The molecule has 2 fully saturated rings. The first-order chi connectivity index (χ1) is 16.7. The van der Waals surface area contributed by atoms with E-state index < -0.39 is 68.0 Å². The van der Waals surface area contributed by atoms with Gasteiger partial charge in [-0.15, -0.1) is 0 Å². The summed E-state index contributed by atoms with van der Waals surface area (Å²) >= 11 is 0. The number of hydrogen-bond donors (Lipinski definition) is 7. The van der Waals surface area contributed by atoms with Crippen LogP contribution in [0.5, 0.6) is 0 Å². The monoisotopic (exact) mass is 510 g/mol. The van der Waals surface area contributed by atoms with E-state index in [4.69, 9.17) is 18.9 Å². The molecule has 0 radical (unpaired) electrons. The standard InChI is InChI=1S/C24H46O11/c1-3-5-7-9-11-15(10-8-6-4-2)32-14-24(22(31)19(28)17(13-26)34-24)35-23-21(30)20(29)18(27)16(12-25)33-23/h15-23,25-31H,3-14H2,1-2H3/t15?,16-,17-,18-,19-,20+,21-,22+,23-,24+/m1/s1. The molecule has 10 atom stereocenters. The third kappa shape index (κ3) is 8.02. The fourth-order valence-electron chi connectivity index (χ4n) is 4.58. The first kappa shape index (κ1) is 30.8. The zero-order valence-corrected chi connectivity index (χ0v) is 20.9. The van der Waals surface area contributed by atoms with Crippen LogP contribution in [0.2, 0.25) is 0 Å². The molecule has 0 bridgehead atoms. The third-order valence-electron chi connectivity index (χ3n) is 6.88. The van der Waals surface area contributed by atoms with Crippen molar-refractivity contribution >= 4 is 0 Å². The van der Waals surface area contributed by atoms with E-state index >= 15 is 0 Å². The second-order valence-electron chi connectivity index (χ2n) is 9.68. The smallest absolute Gasteiger partial charge is 0.224 e. The molecule has 2 rings (SSSR count). The summed E-state index contributed by atoms with van der Waals surface area (Å²) < 4.78 is 23.1. The fourth-order valence-corrected chi connectivity index (χ4v) is 4.58. The lowest BCUT2D eigenvalue weighted by Crippen LogP contribution is -2.63. The van der Waals surface area contributed by atoms with Crippen molar-refractivity contribution in [1.82, 2.24) is 0 Å². The first-order valence-corrected chi connectivity index (χ1v) is 13.0. The molecule has 0 aliphatic carbocycles. The Balaban J connectivity index is 2.18. The molecule has 35 heavy (non-hydrogen) atoms. The normalized spacial score (nSPS) is 38.7. The van der Waals surface area contributed by atoms with Gasteiger partial charge in [0, 0.05) is 0 Å². The molecule has 11 nitrogen and oxygen atoms in total. The van der Waals surface area contributed by atoms with Crippen LogP contribution in [0, 0.1) is 0 Å². The highest BCUT2D eigenvalue weighted by molar-refractivity contribution is 4.99. The molecule has 0 aromatic heterocycles. The Bertz CT molecular complexity index is 580. The minimum Gasteiger partial charge on any atom is -0.394 e. The average Bonchev–Trinajstić information content (AvgIpc) is 3.10. The van der Waals surface area contributed by atoms with Crippen LogP contribution < -0.4 is 0 Å². The van der Waals surface area contributed by atoms with Crippen molar-refractivity contribution in [2.75, 3.05) is 19.8 Å². The molecule has 0 spiro atoms. The van der Waals surface area contributed by atoms with Crippen molar-refractivity contribution in [3.05, 3.63) is 0 Å². The molecular formula is C24H46O11. The van der Waals surface area contributed by atoms with E-state index in [9.17, 15) is 35.7 Å². The van der Waals surface area contributed by atoms with Crippen molar-refractivity contribution in [2.45, 2.75) is 133 Å². The summed E-state index contributed by atoms with van der Waals surface area (Å²) in [6.07, 6.45) is -3.44. The van der Waals surface area contributed by atoms with Crippen LogP contribution in [0.1, 0.15) is 71.6 Å². The molecule has 2 aliphatic rings. The van der Waals surface area contributed by atoms with Crippen LogP contribution in [-0.2, 0) is 18.9 Å². The lowest BCUT2D eigenvalue weighted by molar-refractivity contribution is -0.387. The summed E-state index contributed by atoms with van der Waals surface area (Å²) in [7, 11) is 0. The quantitative estimate of drug-likeness (QED) is 0.134. The highest BCUT2D eigenvalue weighted by Crippen LogP contribution is 2.37. The molecule has 208 valence electrons. The van der Waals surface area contributed by atoms with Gasteiger partial charge in [-0.3, -0.25) is 0 Å². The van der Waals surface area contributed by atoms with Crippen molar-refractivity contribution in [1.29, 1.82) is 0 Å². The van der Waals surface area contributed by atoms with Gasteiger partial charge in [-0.2, -0.15) is 0 Å². The van der Waals surface area contributed by atoms with E-state index in [0.717, 1.165) is 57.8 Å². The largest absolute Gasteiger partial charge is 0.394 e. The summed E-state index contributed by atoms with van der Waals surface area (Å²) in [5.41, 5.74) is 0. The molecule has 2 heterocycles. The third-order valence-corrected chi connectivity index (χ3v) is 6.88. The van der Waals surface area contributed by atoms with Gasteiger partial charge in [0.25, 0.3) is 0 Å². The molecule has 0 aromatic carbocycles. The van der Waals surface area contributed by atoms with Crippen molar-refractivity contribution in [3.8, 4) is 0 Å². The van der Waals surface area contributed by atoms with Gasteiger partial charge in [-0.25, -0.2) is 0 Å². The van der Waals surface area contributed by atoms with Gasteiger partial charge in [0.1, 0.15) is 49.3 Å². The molecule has 11 heteroatoms. The van der Waals surface area contributed by atoms with Crippen LogP contribution in [0.25, 0.3) is 0 Å². The van der Waals surface area contributed by atoms with E-state index in [2.05, 4.69) is 13.8 Å². The van der Waals surface area contributed by atoms with Gasteiger partial charge >= 0.3 is 0 Å².